The van der Waals surface area contributed by atoms with E-state index in [0.29, 0.717) is 5.41 Å². The molecular weight excluding hydrogens is 404 g/mol. The van der Waals surface area contributed by atoms with Crippen LogP contribution in [0.2, 0.25) is 0 Å². The Morgan fingerprint density at radius 3 is 2.71 bits per heavy atom. The minimum atomic E-state index is 0.551. The van der Waals surface area contributed by atoms with Crippen molar-refractivity contribution in [3.8, 4) is 11.5 Å². The molecule has 0 N–H and O–H groups in total. The van der Waals surface area contributed by atoms with Crippen molar-refractivity contribution in [3.63, 3.8) is 0 Å². The number of benzene rings is 1. The highest BCUT2D eigenvalue weighted by atomic mass is 32.2. The van der Waals surface area contributed by atoms with Crippen LogP contribution >= 0.6 is 11.8 Å². The van der Waals surface area contributed by atoms with Gasteiger partial charge in [-0.1, -0.05) is 41.6 Å². The molecule has 0 bridgehead atoms. The number of hydrogen-bond donors (Lipinski definition) is 0. The van der Waals surface area contributed by atoms with Crippen LogP contribution in [0.5, 0.6) is 0 Å². The van der Waals surface area contributed by atoms with Gasteiger partial charge < -0.3 is 9.47 Å². The lowest BCUT2D eigenvalue weighted by atomic mass is 9.98. The summed E-state index contributed by atoms with van der Waals surface area (Å²) in [5.74, 6) is 2.61. The van der Waals surface area contributed by atoms with Crippen LogP contribution in [-0.4, -0.2) is 55.0 Å². The van der Waals surface area contributed by atoms with Gasteiger partial charge in [0.15, 0.2) is 11.0 Å². The summed E-state index contributed by atoms with van der Waals surface area (Å²) in [7, 11) is 2.01. The lowest BCUT2D eigenvalue weighted by Gasteiger charge is -2.16. The highest BCUT2D eigenvalue weighted by molar-refractivity contribution is 7.99. The Bertz CT molecular complexity index is 1060. The molecule has 0 amide bonds. The third kappa shape index (κ3) is 4.13. The van der Waals surface area contributed by atoms with Crippen LogP contribution in [0.4, 0.5) is 0 Å². The van der Waals surface area contributed by atoms with Crippen LogP contribution in [-0.2, 0) is 7.05 Å². The van der Waals surface area contributed by atoms with Gasteiger partial charge in [0.25, 0.3) is 0 Å². The molecule has 1 spiro atoms. The number of thioether (sulfide) groups is 1. The third-order valence-corrected chi connectivity index (χ3v) is 8.02. The van der Waals surface area contributed by atoms with E-state index in [1.165, 1.54) is 44.5 Å². The molecule has 31 heavy (non-hydrogen) atoms. The fourth-order valence-electron chi connectivity index (χ4n) is 4.97. The van der Waals surface area contributed by atoms with Crippen molar-refractivity contribution >= 4 is 11.8 Å². The summed E-state index contributed by atoms with van der Waals surface area (Å²) >= 11 is 1.78. The average Bonchev–Trinajstić information content (AvgIpc) is 3.11. The first-order valence-corrected chi connectivity index (χ1v) is 12.1. The number of nitrogens with zero attached hydrogens (tertiary/aromatic N) is 6. The van der Waals surface area contributed by atoms with E-state index >= 15 is 0 Å². The van der Waals surface area contributed by atoms with E-state index in [9.17, 15) is 0 Å². The van der Waals surface area contributed by atoms with Crippen molar-refractivity contribution in [1.82, 2.24) is 29.6 Å². The molecule has 1 aliphatic heterocycles. The van der Waals surface area contributed by atoms with Gasteiger partial charge in [0.2, 0.25) is 0 Å². The van der Waals surface area contributed by atoms with Gasteiger partial charge in [-0.15, -0.1) is 10.2 Å². The highest BCUT2D eigenvalue weighted by Gasteiger charge is 2.57. The van der Waals surface area contributed by atoms with Crippen LogP contribution in [0, 0.1) is 19.3 Å². The first kappa shape index (κ1) is 20.6. The van der Waals surface area contributed by atoms with Crippen molar-refractivity contribution in [3.05, 3.63) is 53.5 Å². The van der Waals surface area contributed by atoms with Gasteiger partial charge >= 0.3 is 0 Å². The minimum Gasteiger partial charge on any atom is -0.304 e. The molecule has 2 aliphatic rings. The molecule has 3 aromatic rings. The Labute approximate surface area is 188 Å². The van der Waals surface area contributed by atoms with Crippen molar-refractivity contribution < 1.29 is 0 Å². The molecule has 1 aromatic carbocycles. The van der Waals surface area contributed by atoms with Gasteiger partial charge in [0.05, 0.1) is 5.69 Å². The second-order valence-electron chi connectivity index (χ2n) is 9.11. The predicted molar refractivity (Wildman–Crippen MR) is 124 cm³/mol. The lowest BCUT2D eigenvalue weighted by Crippen LogP contribution is -2.23. The number of aryl methyl sites for hydroxylation is 2. The molecule has 3 heterocycles. The van der Waals surface area contributed by atoms with E-state index in [-0.39, 0.29) is 0 Å². The Kier molecular flexibility index (Phi) is 5.56. The summed E-state index contributed by atoms with van der Waals surface area (Å²) in [6, 6.07) is 9.20. The van der Waals surface area contributed by atoms with Crippen LogP contribution in [0.25, 0.3) is 11.5 Å². The van der Waals surface area contributed by atoms with Crippen LogP contribution in [0.3, 0.4) is 0 Å². The maximum Gasteiger partial charge on any atom is 0.191 e. The smallest absolute Gasteiger partial charge is 0.191 e. The summed E-state index contributed by atoms with van der Waals surface area (Å²) in [5.41, 5.74) is 5.13. The standard InChI is InChI=1S/C24H30N6S/c1-17-5-7-19(8-6-17)20-15-24(20)9-13-30(16-24)12-4-14-31-23-28-27-22(29(23)3)21-18(2)25-10-11-26-21/h5-8,10-11,20H,4,9,12-16H2,1-3H3/t20-,24+/m0/s1. The Morgan fingerprint density at radius 2 is 1.90 bits per heavy atom. The maximum absolute atomic E-state index is 4.42. The Hall–Kier alpha value is -2.25. The van der Waals surface area contributed by atoms with Gasteiger partial charge in [-0.25, -0.2) is 4.98 Å². The number of hydrogen-bond acceptors (Lipinski definition) is 6. The van der Waals surface area contributed by atoms with E-state index in [1.807, 2.05) is 18.5 Å². The van der Waals surface area contributed by atoms with Crippen molar-refractivity contribution in [2.75, 3.05) is 25.4 Å². The fourth-order valence-corrected chi connectivity index (χ4v) is 5.80. The van der Waals surface area contributed by atoms with E-state index in [0.717, 1.165) is 34.0 Å². The van der Waals surface area contributed by atoms with Gasteiger partial charge in [0, 0.05) is 31.7 Å². The molecule has 1 aliphatic carbocycles. The molecule has 2 aromatic heterocycles. The van der Waals surface area contributed by atoms with Crippen molar-refractivity contribution in [1.29, 1.82) is 0 Å². The molecular formula is C24H30N6S. The zero-order chi connectivity index (χ0) is 21.4. The van der Waals surface area contributed by atoms with Gasteiger partial charge in [-0.3, -0.25) is 4.98 Å². The van der Waals surface area contributed by atoms with Crippen molar-refractivity contribution in [2.24, 2.45) is 12.5 Å². The van der Waals surface area contributed by atoms with E-state index in [2.05, 4.69) is 56.3 Å². The number of aromatic nitrogens is 5. The summed E-state index contributed by atoms with van der Waals surface area (Å²) in [4.78, 5) is 11.4. The average molecular weight is 435 g/mol. The molecule has 7 heteroatoms. The largest absolute Gasteiger partial charge is 0.304 e. The normalized spacial score (nSPS) is 23.0. The predicted octanol–water partition coefficient (Wildman–Crippen LogP) is 4.25. The van der Waals surface area contributed by atoms with E-state index < -0.39 is 0 Å². The summed E-state index contributed by atoms with van der Waals surface area (Å²) < 4.78 is 2.03. The van der Waals surface area contributed by atoms with Gasteiger partial charge in [0.1, 0.15) is 5.69 Å². The Balaban J connectivity index is 1.10. The van der Waals surface area contributed by atoms with Gasteiger partial charge in [-0.05, 0) is 63.1 Å². The third-order valence-electron chi connectivity index (χ3n) is 6.91. The molecule has 1 saturated carbocycles. The van der Waals surface area contributed by atoms with Crippen LogP contribution < -0.4 is 0 Å². The molecule has 0 unspecified atom stereocenters. The first-order chi connectivity index (χ1) is 15.1. The monoisotopic (exact) mass is 434 g/mol. The maximum atomic E-state index is 4.42. The van der Waals surface area contributed by atoms with Crippen molar-refractivity contribution in [2.45, 2.75) is 44.2 Å². The number of rotatable bonds is 7. The Morgan fingerprint density at radius 1 is 1.10 bits per heavy atom. The fraction of sp³-hybridized carbons (Fsp3) is 0.500. The van der Waals surface area contributed by atoms with Crippen LogP contribution in [0.15, 0.2) is 41.8 Å². The second kappa shape index (κ2) is 8.36. The van der Waals surface area contributed by atoms with Crippen LogP contribution in [0.1, 0.15) is 42.0 Å². The zero-order valence-corrected chi connectivity index (χ0v) is 19.4. The first-order valence-electron chi connectivity index (χ1n) is 11.1. The summed E-state index contributed by atoms with van der Waals surface area (Å²) in [5, 5.41) is 9.68. The summed E-state index contributed by atoms with van der Waals surface area (Å²) in [6.45, 7) is 7.79. The topological polar surface area (TPSA) is 59.7 Å². The molecule has 2 atom stereocenters. The molecule has 0 radical (unpaired) electrons. The van der Waals surface area contributed by atoms with E-state index in [1.54, 1.807) is 29.7 Å². The lowest BCUT2D eigenvalue weighted by molar-refractivity contribution is 0.319. The SMILES string of the molecule is Cc1ccc([C@@H]2C[C@@]23CCN(CCCSc2nnc(-c4nccnc4C)n2C)C3)cc1. The second-order valence-corrected chi connectivity index (χ2v) is 10.2. The number of likely N-dealkylation sites (tertiary alicyclic amines) is 1. The minimum absolute atomic E-state index is 0.551. The van der Waals surface area contributed by atoms with E-state index in [4.69, 9.17) is 0 Å². The molecule has 2 fully saturated rings. The zero-order valence-electron chi connectivity index (χ0n) is 18.6. The molecule has 5 rings (SSSR count). The molecule has 6 nitrogen and oxygen atoms in total. The summed E-state index contributed by atoms with van der Waals surface area (Å²) in [6.07, 6.45) is 7.30. The highest BCUT2D eigenvalue weighted by Crippen LogP contribution is 2.64. The van der Waals surface area contributed by atoms with Gasteiger partial charge in [-0.2, -0.15) is 0 Å². The quantitative estimate of drug-likeness (QED) is 0.409. The molecule has 1 saturated heterocycles. The molecule has 162 valence electrons.